The molecule has 116 valence electrons. The van der Waals surface area contributed by atoms with E-state index in [1.807, 2.05) is 0 Å². The predicted octanol–water partition coefficient (Wildman–Crippen LogP) is 2.80. The van der Waals surface area contributed by atoms with Crippen molar-refractivity contribution in [2.45, 2.75) is 70.4 Å². The van der Waals surface area contributed by atoms with E-state index >= 15 is 0 Å². The van der Waals surface area contributed by atoms with E-state index in [0.717, 1.165) is 19.3 Å². The molecule has 3 fully saturated rings. The van der Waals surface area contributed by atoms with E-state index < -0.39 is 0 Å². The fraction of sp³-hybridized carbons (Fsp3) is 1.00. The molecule has 1 atom stereocenters. The highest BCUT2D eigenvalue weighted by Crippen LogP contribution is 2.37. The Labute approximate surface area is 124 Å². The summed E-state index contributed by atoms with van der Waals surface area (Å²) in [6.07, 6.45) is 9.36. The monoisotopic (exact) mass is 280 g/mol. The van der Waals surface area contributed by atoms with E-state index in [4.69, 9.17) is 4.74 Å². The van der Waals surface area contributed by atoms with Gasteiger partial charge >= 0.3 is 0 Å². The molecular formula is C17H32N2O. The zero-order valence-corrected chi connectivity index (χ0v) is 13.4. The van der Waals surface area contributed by atoms with Crippen LogP contribution in [0.2, 0.25) is 0 Å². The third kappa shape index (κ3) is 3.05. The highest BCUT2D eigenvalue weighted by atomic mass is 16.5. The third-order valence-corrected chi connectivity index (χ3v) is 6.05. The molecule has 3 heteroatoms. The number of ether oxygens (including phenoxy) is 1. The Morgan fingerprint density at radius 3 is 2.50 bits per heavy atom. The standard InChI is InChI=1S/C17H32N2O/c1-3-15-12-18-17(6-4-5-7-17)14-19(15)13-16(2)8-10-20-11-9-16/h15,18H,3-14H2,1-2H3. The van der Waals surface area contributed by atoms with Crippen molar-refractivity contribution in [1.82, 2.24) is 10.2 Å². The van der Waals surface area contributed by atoms with E-state index in [0.29, 0.717) is 11.0 Å². The summed E-state index contributed by atoms with van der Waals surface area (Å²) in [6, 6.07) is 0.737. The maximum absolute atomic E-state index is 5.57. The molecule has 20 heavy (non-hydrogen) atoms. The molecule has 3 aliphatic rings. The number of piperazine rings is 1. The quantitative estimate of drug-likeness (QED) is 0.860. The summed E-state index contributed by atoms with van der Waals surface area (Å²) in [5.41, 5.74) is 0.927. The van der Waals surface area contributed by atoms with Crippen molar-refractivity contribution in [3.05, 3.63) is 0 Å². The molecule has 3 nitrogen and oxygen atoms in total. The van der Waals surface area contributed by atoms with Gasteiger partial charge in [0.1, 0.15) is 0 Å². The minimum absolute atomic E-state index is 0.452. The van der Waals surface area contributed by atoms with Gasteiger partial charge in [-0.25, -0.2) is 0 Å². The smallest absolute Gasteiger partial charge is 0.0471 e. The van der Waals surface area contributed by atoms with Crippen LogP contribution in [0.15, 0.2) is 0 Å². The first-order chi connectivity index (χ1) is 9.65. The molecule has 1 spiro atoms. The van der Waals surface area contributed by atoms with Gasteiger partial charge in [0.05, 0.1) is 0 Å². The first kappa shape index (κ1) is 14.8. The highest BCUT2D eigenvalue weighted by Gasteiger charge is 2.42. The number of nitrogens with one attached hydrogen (secondary N) is 1. The molecule has 0 bridgehead atoms. The van der Waals surface area contributed by atoms with Crippen LogP contribution in [-0.4, -0.2) is 49.3 Å². The molecule has 2 heterocycles. The third-order valence-electron chi connectivity index (χ3n) is 6.05. The Bertz CT molecular complexity index is 319. The van der Waals surface area contributed by atoms with Gasteiger partial charge in [0.15, 0.2) is 0 Å². The van der Waals surface area contributed by atoms with Crippen molar-refractivity contribution in [1.29, 1.82) is 0 Å². The van der Waals surface area contributed by atoms with Gasteiger partial charge in [0, 0.05) is 44.4 Å². The van der Waals surface area contributed by atoms with Gasteiger partial charge in [-0.3, -0.25) is 4.90 Å². The summed E-state index contributed by atoms with van der Waals surface area (Å²) >= 11 is 0. The lowest BCUT2D eigenvalue weighted by atomic mass is 9.80. The zero-order valence-electron chi connectivity index (χ0n) is 13.4. The molecule has 0 radical (unpaired) electrons. The van der Waals surface area contributed by atoms with Crippen LogP contribution in [-0.2, 0) is 4.74 Å². The second-order valence-corrected chi connectivity index (χ2v) is 7.76. The van der Waals surface area contributed by atoms with Crippen molar-refractivity contribution < 1.29 is 4.74 Å². The van der Waals surface area contributed by atoms with Crippen molar-refractivity contribution in [2.24, 2.45) is 5.41 Å². The second-order valence-electron chi connectivity index (χ2n) is 7.76. The van der Waals surface area contributed by atoms with E-state index in [1.165, 1.54) is 64.6 Å². The van der Waals surface area contributed by atoms with E-state index in [-0.39, 0.29) is 0 Å². The number of rotatable bonds is 3. The Balaban J connectivity index is 1.67. The number of hydrogen-bond donors (Lipinski definition) is 1. The Morgan fingerprint density at radius 2 is 1.85 bits per heavy atom. The van der Waals surface area contributed by atoms with Crippen LogP contribution in [0.3, 0.4) is 0 Å². The molecular weight excluding hydrogens is 248 g/mol. The topological polar surface area (TPSA) is 24.5 Å². The Morgan fingerprint density at radius 1 is 1.15 bits per heavy atom. The first-order valence-electron chi connectivity index (χ1n) is 8.72. The molecule has 3 rings (SSSR count). The van der Waals surface area contributed by atoms with Gasteiger partial charge < -0.3 is 10.1 Å². The summed E-state index contributed by atoms with van der Waals surface area (Å²) in [4.78, 5) is 2.83. The first-order valence-corrected chi connectivity index (χ1v) is 8.72. The fourth-order valence-corrected chi connectivity index (χ4v) is 4.52. The van der Waals surface area contributed by atoms with Gasteiger partial charge in [0.2, 0.25) is 0 Å². The Kier molecular flexibility index (Phi) is 4.40. The van der Waals surface area contributed by atoms with Gasteiger partial charge in [0.25, 0.3) is 0 Å². The SMILES string of the molecule is CCC1CNC2(CCCC2)CN1CC1(C)CCOCC1. The molecule has 1 saturated carbocycles. The molecule has 1 aliphatic carbocycles. The molecule has 0 aromatic rings. The average Bonchev–Trinajstić information content (AvgIpc) is 2.88. The summed E-state index contributed by atoms with van der Waals surface area (Å²) in [7, 11) is 0. The van der Waals surface area contributed by atoms with Crippen LogP contribution in [0, 0.1) is 5.41 Å². The number of nitrogens with zero attached hydrogens (tertiary/aromatic N) is 1. The van der Waals surface area contributed by atoms with Crippen molar-refractivity contribution in [3.8, 4) is 0 Å². The fourth-order valence-electron chi connectivity index (χ4n) is 4.52. The van der Waals surface area contributed by atoms with Crippen LogP contribution in [0.1, 0.15) is 58.8 Å². The van der Waals surface area contributed by atoms with E-state index in [9.17, 15) is 0 Å². The number of hydrogen-bond acceptors (Lipinski definition) is 3. The van der Waals surface area contributed by atoms with Crippen molar-refractivity contribution in [2.75, 3.05) is 32.8 Å². The van der Waals surface area contributed by atoms with Crippen molar-refractivity contribution in [3.63, 3.8) is 0 Å². The molecule has 0 amide bonds. The minimum Gasteiger partial charge on any atom is -0.381 e. The molecule has 0 aromatic carbocycles. The maximum atomic E-state index is 5.57. The lowest BCUT2D eigenvalue weighted by Crippen LogP contribution is -2.64. The van der Waals surface area contributed by atoms with Crippen molar-refractivity contribution >= 4 is 0 Å². The highest BCUT2D eigenvalue weighted by molar-refractivity contribution is 5.01. The minimum atomic E-state index is 0.452. The van der Waals surface area contributed by atoms with Crippen LogP contribution >= 0.6 is 0 Å². The predicted molar refractivity (Wildman–Crippen MR) is 83.0 cm³/mol. The van der Waals surface area contributed by atoms with Gasteiger partial charge in [-0.2, -0.15) is 0 Å². The lowest BCUT2D eigenvalue weighted by molar-refractivity contribution is -0.0199. The Hall–Kier alpha value is -0.120. The normalized spacial score (nSPS) is 33.6. The maximum Gasteiger partial charge on any atom is 0.0471 e. The van der Waals surface area contributed by atoms with Crippen LogP contribution < -0.4 is 5.32 Å². The zero-order chi connectivity index (χ0) is 14.1. The largest absolute Gasteiger partial charge is 0.381 e. The van der Waals surface area contributed by atoms with Crippen LogP contribution in [0.5, 0.6) is 0 Å². The molecule has 1 unspecified atom stereocenters. The molecule has 0 aromatic heterocycles. The summed E-state index contributed by atoms with van der Waals surface area (Å²) in [5.74, 6) is 0. The van der Waals surface area contributed by atoms with E-state index in [1.54, 1.807) is 0 Å². The van der Waals surface area contributed by atoms with Crippen LogP contribution in [0.4, 0.5) is 0 Å². The van der Waals surface area contributed by atoms with Gasteiger partial charge in [-0.15, -0.1) is 0 Å². The lowest BCUT2D eigenvalue weighted by Gasteiger charge is -2.49. The van der Waals surface area contributed by atoms with E-state index in [2.05, 4.69) is 24.1 Å². The van der Waals surface area contributed by atoms with Gasteiger partial charge in [-0.1, -0.05) is 26.7 Å². The second kappa shape index (κ2) is 5.94. The summed E-state index contributed by atoms with van der Waals surface area (Å²) in [6.45, 7) is 10.5. The average molecular weight is 280 g/mol. The molecule has 2 saturated heterocycles. The van der Waals surface area contributed by atoms with Gasteiger partial charge in [-0.05, 0) is 37.5 Å². The van der Waals surface area contributed by atoms with Crippen LogP contribution in [0.25, 0.3) is 0 Å². The summed E-state index contributed by atoms with van der Waals surface area (Å²) in [5, 5.41) is 3.91. The summed E-state index contributed by atoms with van der Waals surface area (Å²) < 4.78 is 5.57. The molecule has 1 N–H and O–H groups in total. The molecule has 2 aliphatic heterocycles.